The predicted octanol–water partition coefficient (Wildman–Crippen LogP) is 1.76. The highest BCUT2D eigenvalue weighted by molar-refractivity contribution is 5.32. The van der Waals surface area contributed by atoms with Crippen LogP contribution in [0.3, 0.4) is 0 Å². The van der Waals surface area contributed by atoms with Crippen LogP contribution in [0.1, 0.15) is 45.0 Å². The van der Waals surface area contributed by atoms with Gasteiger partial charge in [-0.2, -0.15) is 0 Å². The average molecular weight is 249 g/mol. The van der Waals surface area contributed by atoms with Crippen molar-refractivity contribution in [3.8, 4) is 0 Å². The van der Waals surface area contributed by atoms with Crippen molar-refractivity contribution in [1.82, 2.24) is 20.0 Å². The number of hydrogen-bond donors (Lipinski definition) is 1. The highest BCUT2D eigenvalue weighted by atomic mass is 16.4. The van der Waals surface area contributed by atoms with Gasteiger partial charge in [-0.05, 0) is 6.42 Å². The quantitative estimate of drug-likeness (QED) is 0.896. The van der Waals surface area contributed by atoms with E-state index in [1.807, 2.05) is 6.92 Å². The van der Waals surface area contributed by atoms with Crippen molar-refractivity contribution in [3.05, 3.63) is 23.5 Å². The van der Waals surface area contributed by atoms with E-state index >= 15 is 0 Å². The molecule has 0 saturated carbocycles. The molecule has 0 atom stereocenters. The molecule has 0 aliphatic rings. The second-order valence-corrected chi connectivity index (χ2v) is 5.30. The molecule has 0 bridgehead atoms. The Hall–Kier alpha value is -1.85. The Bertz CT molecular complexity index is 535. The summed E-state index contributed by atoms with van der Waals surface area (Å²) in [6.45, 7) is 8.73. The Morgan fingerprint density at radius 3 is 2.67 bits per heavy atom. The standard InChI is InChI=1S/C12H19N5O/c1-5-8-11(13)15-16-17(8)7-10-14-6-9(18-10)12(2,3)4/h6H,5,7,13H2,1-4H3. The van der Waals surface area contributed by atoms with Crippen LogP contribution in [-0.2, 0) is 18.4 Å². The van der Waals surface area contributed by atoms with Gasteiger partial charge in [-0.1, -0.05) is 32.9 Å². The first-order valence-corrected chi connectivity index (χ1v) is 6.05. The summed E-state index contributed by atoms with van der Waals surface area (Å²) in [6, 6.07) is 0. The number of rotatable bonds is 3. The summed E-state index contributed by atoms with van der Waals surface area (Å²) in [7, 11) is 0. The normalized spacial score (nSPS) is 12.0. The van der Waals surface area contributed by atoms with E-state index in [0.717, 1.165) is 17.9 Å². The second-order valence-electron chi connectivity index (χ2n) is 5.30. The zero-order valence-corrected chi connectivity index (χ0v) is 11.3. The van der Waals surface area contributed by atoms with Crippen LogP contribution < -0.4 is 5.73 Å². The molecular formula is C12H19N5O. The van der Waals surface area contributed by atoms with Crippen molar-refractivity contribution in [1.29, 1.82) is 0 Å². The molecule has 6 nitrogen and oxygen atoms in total. The van der Waals surface area contributed by atoms with Crippen LogP contribution in [0, 0.1) is 0 Å². The fourth-order valence-electron chi connectivity index (χ4n) is 1.69. The lowest BCUT2D eigenvalue weighted by molar-refractivity contribution is 0.370. The van der Waals surface area contributed by atoms with Gasteiger partial charge < -0.3 is 10.2 Å². The molecule has 98 valence electrons. The van der Waals surface area contributed by atoms with Crippen molar-refractivity contribution in [2.24, 2.45) is 0 Å². The molecule has 0 unspecified atom stereocenters. The Balaban J connectivity index is 2.21. The van der Waals surface area contributed by atoms with Crippen molar-refractivity contribution in [2.75, 3.05) is 5.73 Å². The van der Waals surface area contributed by atoms with Gasteiger partial charge in [0.15, 0.2) is 5.82 Å². The van der Waals surface area contributed by atoms with Crippen molar-refractivity contribution in [2.45, 2.75) is 46.1 Å². The monoisotopic (exact) mass is 249 g/mol. The summed E-state index contributed by atoms with van der Waals surface area (Å²) < 4.78 is 7.45. The fraction of sp³-hybridized carbons (Fsp3) is 0.583. The maximum Gasteiger partial charge on any atom is 0.216 e. The van der Waals surface area contributed by atoms with Gasteiger partial charge in [0.05, 0.1) is 11.9 Å². The van der Waals surface area contributed by atoms with Gasteiger partial charge in [0.1, 0.15) is 12.3 Å². The number of nitrogen functional groups attached to an aromatic ring is 1. The van der Waals surface area contributed by atoms with Crippen molar-refractivity contribution < 1.29 is 4.42 Å². The van der Waals surface area contributed by atoms with Crippen LogP contribution in [-0.4, -0.2) is 20.0 Å². The molecule has 0 fully saturated rings. The topological polar surface area (TPSA) is 82.8 Å². The fourth-order valence-corrected chi connectivity index (χ4v) is 1.69. The van der Waals surface area contributed by atoms with Gasteiger partial charge in [-0.15, -0.1) is 5.10 Å². The van der Waals surface area contributed by atoms with Gasteiger partial charge in [-0.3, -0.25) is 0 Å². The van der Waals surface area contributed by atoms with Gasteiger partial charge in [0.25, 0.3) is 0 Å². The molecule has 0 aliphatic carbocycles. The molecule has 0 spiro atoms. The smallest absolute Gasteiger partial charge is 0.216 e. The van der Waals surface area contributed by atoms with Crippen LogP contribution in [0.25, 0.3) is 0 Å². The molecule has 0 amide bonds. The minimum absolute atomic E-state index is 0.0414. The second kappa shape index (κ2) is 4.44. The summed E-state index contributed by atoms with van der Waals surface area (Å²) >= 11 is 0. The SMILES string of the molecule is CCc1c(N)nnn1Cc1ncc(C(C)(C)C)o1. The molecule has 6 heteroatoms. The molecule has 2 aromatic rings. The summed E-state index contributed by atoms with van der Waals surface area (Å²) in [5, 5.41) is 7.86. The molecule has 2 aromatic heterocycles. The predicted molar refractivity (Wildman–Crippen MR) is 68.1 cm³/mol. The third kappa shape index (κ3) is 2.37. The van der Waals surface area contributed by atoms with Gasteiger partial charge in [-0.25, -0.2) is 9.67 Å². The average Bonchev–Trinajstić information content (AvgIpc) is 2.86. The van der Waals surface area contributed by atoms with Crippen LogP contribution in [0.4, 0.5) is 5.82 Å². The Labute approximate surface area is 106 Å². The van der Waals surface area contributed by atoms with Crippen LogP contribution in [0.2, 0.25) is 0 Å². The first-order valence-electron chi connectivity index (χ1n) is 6.05. The summed E-state index contributed by atoms with van der Waals surface area (Å²) in [5.74, 6) is 1.96. The highest BCUT2D eigenvalue weighted by Crippen LogP contribution is 2.23. The van der Waals surface area contributed by atoms with Gasteiger partial charge >= 0.3 is 0 Å². The van der Waals surface area contributed by atoms with E-state index in [1.165, 1.54) is 0 Å². The lowest BCUT2D eigenvalue weighted by atomic mass is 9.94. The first kappa shape index (κ1) is 12.6. The maximum atomic E-state index is 5.73. The molecule has 0 radical (unpaired) electrons. The first-order chi connectivity index (χ1) is 8.41. The highest BCUT2D eigenvalue weighted by Gasteiger charge is 2.20. The third-order valence-corrected chi connectivity index (χ3v) is 2.78. The Kier molecular flexibility index (Phi) is 3.11. The number of oxazole rings is 1. The maximum absolute atomic E-state index is 5.73. The lowest BCUT2D eigenvalue weighted by Gasteiger charge is -2.13. The molecule has 0 saturated heterocycles. The molecular weight excluding hydrogens is 230 g/mol. The number of nitrogens with two attached hydrogens (primary N) is 1. The lowest BCUT2D eigenvalue weighted by Crippen LogP contribution is -2.09. The van der Waals surface area contributed by atoms with Crippen LogP contribution in [0.15, 0.2) is 10.6 Å². The molecule has 2 heterocycles. The molecule has 18 heavy (non-hydrogen) atoms. The third-order valence-electron chi connectivity index (χ3n) is 2.78. The molecule has 0 aliphatic heterocycles. The van der Waals surface area contributed by atoms with E-state index in [4.69, 9.17) is 10.2 Å². The summed E-state index contributed by atoms with van der Waals surface area (Å²) in [6.07, 6.45) is 2.55. The van der Waals surface area contributed by atoms with E-state index in [1.54, 1.807) is 10.9 Å². The number of nitrogens with zero attached hydrogens (tertiary/aromatic N) is 4. The van der Waals surface area contributed by atoms with E-state index in [-0.39, 0.29) is 5.41 Å². The van der Waals surface area contributed by atoms with E-state index < -0.39 is 0 Å². The number of hydrogen-bond acceptors (Lipinski definition) is 5. The Morgan fingerprint density at radius 2 is 2.11 bits per heavy atom. The largest absolute Gasteiger partial charge is 0.443 e. The number of aromatic nitrogens is 4. The van der Waals surface area contributed by atoms with E-state index in [0.29, 0.717) is 18.3 Å². The molecule has 0 aromatic carbocycles. The summed E-state index contributed by atoms with van der Waals surface area (Å²) in [4.78, 5) is 4.27. The van der Waals surface area contributed by atoms with Crippen molar-refractivity contribution >= 4 is 5.82 Å². The number of anilines is 1. The minimum atomic E-state index is -0.0414. The molecule has 2 rings (SSSR count). The zero-order valence-electron chi connectivity index (χ0n) is 11.3. The summed E-state index contributed by atoms with van der Waals surface area (Å²) in [5.41, 5.74) is 6.60. The van der Waals surface area contributed by atoms with Gasteiger partial charge in [0.2, 0.25) is 5.89 Å². The minimum Gasteiger partial charge on any atom is -0.443 e. The van der Waals surface area contributed by atoms with Crippen LogP contribution in [0.5, 0.6) is 0 Å². The van der Waals surface area contributed by atoms with Gasteiger partial charge in [0, 0.05) is 5.41 Å². The van der Waals surface area contributed by atoms with Crippen molar-refractivity contribution in [3.63, 3.8) is 0 Å². The van der Waals surface area contributed by atoms with E-state index in [9.17, 15) is 0 Å². The van der Waals surface area contributed by atoms with Crippen LogP contribution >= 0.6 is 0 Å². The zero-order chi connectivity index (χ0) is 13.3. The van der Waals surface area contributed by atoms with E-state index in [2.05, 4.69) is 36.1 Å². The molecule has 2 N–H and O–H groups in total. The Morgan fingerprint density at radius 1 is 1.39 bits per heavy atom.